The number of hydrogen-bond donors (Lipinski definition) is 2. The Bertz CT molecular complexity index is 492. The third kappa shape index (κ3) is 4.66. The van der Waals surface area contributed by atoms with E-state index in [0.29, 0.717) is 26.3 Å². The summed E-state index contributed by atoms with van der Waals surface area (Å²) < 4.78 is 18.6. The zero-order valence-corrected chi connectivity index (χ0v) is 12.4. The van der Waals surface area contributed by atoms with E-state index in [9.17, 15) is 14.3 Å². The van der Waals surface area contributed by atoms with Crippen LogP contribution in [0, 0.1) is 17.7 Å². The average molecular weight is 316 g/mol. The van der Waals surface area contributed by atoms with Crippen molar-refractivity contribution in [2.24, 2.45) is 11.8 Å². The Morgan fingerprint density at radius 2 is 2.19 bits per heavy atom. The average Bonchev–Trinajstić information content (AvgIpc) is 2.48. The molecule has 0 amide bonds. The number of ether oxygens (including phenoxy) is 1. The molecule has 1 aromatic carbocycles. The van der Waals surface area contributed by atoms with Crippen molar-refractivity contribution in [3.05, 3.63) is 34.6 Å². The van der Waals surface area contributed by atoms with Crippen LogP contribution in [0.3, 0.4) is 0 Å². The van der Waals surface area contributed by atoms with Gasteiger partial charge >= 0.3 is 5.97 Å². The summed E-state index contributed by atoms with van der Waals surface area (Å²) in [4.78, 5) is 11.4. The largest absolute Gasteiger partial charge is 0.481 e. The molecular formula is C15H19ClFNO3. The summed E-state index contributed by atoms with van der Waals surface area (Å²) in [6.45, 7) is 2.03. The molecule has 1 fully saturated rings. The number of hydrogen-bond acceptors (Lipinski definition) is 3. The minimum Gasteiger partial charge on any atom is -0.481 e. The standard InChI is InChI=1S/C15H19ClFNO3/c16-13-2-1-10(7-14(13)17)8-18-9-12(15(19)20)11-3-5-21-6-4-11/h1-2,7,11-12,18H,3-6,8-9H2,(H,19,20). The molecule has 0 bridgehead atoms. The van der Waals surface area contributed by atoms with E-state index in [4.69, 9.17) is 16.3 Å². The van der Waals surface area contributed by atoms with Gasteiger partial charge in [0.1, 0.15) is 5.82 Å². The zero-order chi connectivity index (χ0) is 15.2. The molecule has 0 aromatic heterocycles. The normalized spacial score (nSPS) is 17.6. The van der Waals surface area contributed by atoms with Crippen LogP contribution >= 0.6 is 11.6 Å². The van der Waals surface area contributed by atoms with E-state index >= 15 is 0 Å². The van der Waals surface area contributed by atoms with E-state index < -0.39 is 17.7 Å². The van der Waals surface area contributed by atoms with Crippen LogP contribution in [0.5, 0.6) is 0 Å². The van der Waals surface area contributed by atoms with Crippen molar-refractivity contribution in [3.8, 4) is 0 Å². The first-order valence-electron chi connectivity index (χ1n) is 7.03. The predicted octanol–water partition coefficient (Wildman–Crippen LogP) is 2.70. The molecule has 2 N–H and O–H groups in total. The second-order valence-corrected chi connectivity index (χ2v) is 5.68. The third-order valence-corrected chi connectivity index (χ3v) is 4.14. The highest BCUT2D eigenvalue weighted by Crippen LogP contribution is 2.24. The van der Waals surface area contributed by atoms with Gasteiger partial charge in [-0.15, -0.1) is 0 Å². The van der Waals surface area contributed by atoms with Gasteiger partial charge in [-0.1, -0.05) is 17.7 Å². The summed E-state index contributed by atoms with van der Waals surface area (Å²) in [5, 5.41) is 12.5. The van der Waals surface area contributed by atoms with Gasteiger partial charge in [0.2, 0.25) is 0 Å². The van der Waals surface area contributed by atoms with Crippen LogP contribution in [0.15, 0.2) is 18.2 Å². The van der Waals surface area contributed by atoms with Crippen molar-refractivity contribution >= 4 is 17.6 Å². The van der Waals surface area contributed by atoms with Crippen LogP contribution < -0.4 is 5.32 Å². The van der Waals surface area contributed by atoms with Crippen molar-refractivity contribution in [1.29, 1.82) is 0 Å². The first-order chi connectivity index (χ1) is 10.1. The molecule has 1 atom stereocenters. The summed E-state index contributed by atoms with van der Waals surface area (Å²) in [6.07, 6.45) is 1.54. The molecule has 2 rings (SSSR count). The van der Waals surface area contributed by atoms with Crippen LogP contribution in [0.4, 0.5) is 4.39 Å². The lowest BCUT2D eigenvalue weighted by molar-refractivity contribution is -0.144. The Balaban J connectivity index is 1.86. The second kappa shape index (κ2) is 7.73. The highest BCUT2D eigenvalue weighted by Gasteiger charge is 2.29. The lowest BCUT2D eigenvalue weighted by Gasteiger charge is -2.27. The Labute approximate surface area is 128 Å². The molecule has 0 aliphatic carbocycles. The fourth-order valence-electron chi connectivity index (χ4n) is 2.60. The highest BCUT2D eigenvalue weighted by atomic mass is 35.5. The molecule has 1 aliphatic heterocycles. The quantitative estimate of drug-likeness (QED) is 0.847. The summed E-state index contributed by atoms with van der Waals surface area (Å²) >= 11 is 5.62. The first-order valence-corrected chi connectivity index (χ1v) is 7.41. The second-order valence-electron chi connectivity index (χ2n) is 5.27. The van der Waals surface area contributed by atoms with Crippen molar-refractivity contribution < 1.29 is 19.0 Å². The first kappa shape index (κ1) is 16.2. The van der Waals surface area contributed by atoms with Crippen molar-refractivity contribution in [1.82, 2.24) is 5.32 Å². The van der Waals surface area contributed by atoms with Gasteiger partial charge in [0, 0.05) is 26.3 Å². The van der Waals surface area contributed by atoms with Gasteiger partial charge < -0.3 is 15.2 Å². The summed E-state index contributed by atoms with van der Waals surface area (Å²) in [5.74, 6) is -1.57. The number of carboxylic acid groups (broad SMARTS) is 1. The molecule has 1 heterocycles. The Morgan fingerprint density at radius 3 is 2.81 bits per heavy atom. The van der Waals surface area contributed by atoms with Crippen LogP contribution in [-0.4, -0.2) is 30.8 Å². The molecule has 6 heteroatoms. The summed E-state index contributed by atoms with van der Waals surface area (Å²) in [5.41, 5.74) is 0.744. The molecule has 1 aliphatic rings. The van der Waals surface area contributed by atoms with Gasteiger partial charge in [-0.25, -0.2) is 4.39 Å². The van der Waals surface area contributed by atoms with E-state index in [1.54, 1.807) is 6.07 Å². The smallest absolute Gasteiger partial charge is 0.308 e. The molecule has 0 saturated carbocycles. The Kier molecular flexibility index (Phi) is 5.96. The predicted molar refractivity (Wildman–Crippen MR) is 77.8 cm³/mol. The van der Waals surface area contributed by atoms with Crippen LogP contribution in [0.1, 0.15) is 18.4 Å². The minimum atomic E-state index is -0.795. The third-order valence-electron chi connectivity index (χ3n) is 3.83. The van der Waals surface area contributed by atoms with E-state index in [1.165, 1.54) is 12.1 Å². The van der Waals surface area contributed by atoms with Crippen LogP contribution in [0.25, 0.3) is 0 Å². The van der Waals surface area contributed by atoms with Gasteiger partial charge in [-0.3, -0.25) is 4.79 Å². The van der Waals surface area contributed by atoms with Gasteiger partial charge in [-0.05, 0) is 36.5 Å². The van der Waals surface area contributed by atoms with E-state index in [-0.39, 0.29) is 10.9 Å². The van der Waals surface area contributed by atoms with Gasteiger partial charge in [0.15, 0.2) is 0 Å². The molecule has 1 aromatic rings. The number of halogens is 2. The molecule has 0 radical (unpaired) electrons. The van der Waals surface area contributed by atoms with Crippen molar-refractivity contribution in [2.45, 2.75) is 19.4 Å². The summed E-state index contributed by atoms with van der Waals surface area (Å²) in [6, 6.07) is 4.59. The SMILES string of the molecule is O=C(O)C(CNCc1ccc(Cl)c(F)c1)C1CCOCC1. The maximum absolute atomic E-state index is 13.3. The summed E-state index contributed by atoms with van der Waals surface area (Å²) in [7, 11) is 0. The lowest BCUT2D eigenvalue weighted by Crippen LogP contribution is -2.36. The van der Waals surface area contributed by atoms with Crippen molar-refractivity contribution in [2.75, 3.05) is 19.8 Å². The van der Waals surface area contributed by atoms with Crippen LogP contribution in [-0.2, 0) is 16.1 Å². The fourth-order valence-corrected chi connectivity index (χ4v) is 2.71. The number of rotatable bonds is 6. The molecule has 116 valence electrons. The van der Waals surface area contributed by atoms with E-state index in [2.05, 4.69) is 5.32 Å². The Hall–Kier alpha value is -1.17. The van der Waals surface area contributed by atoms with Gasteiger partial charge in [0.05, 0.1) is 10.9 Å². The minimum absolute atomic E-state index is 0.0874. The topological polar surface area (TPSA) is 58.6 Å². The zero-order valence-electron chi connectivity index (χ0n) is 11.6. The molecule has 21 heavy (non-hydrogen) atoms. The van der Waals surface area contributed by atoms with Gasteiger partial charge in [-0.2, -0.15) is 0 Å². The Morgan fingerprint density at radius 1 is 1.48 bits per heavy atom. The number of carboxylic acids is 1. The maximum Gasteiger partial charge on any atom is 0.308 e. The van der Waals surface area contributed by atoms with E-state index in [1.807, 2.05) is 0 Å². The van der Waals surface area contributed by atoms with Crippen LogP contribution in [0.2, 0.25) is 5.02 Å². The molecule has 1 unspecified atom stereocenters. The number of benzene rings is 1. The molecular weight excluding hydrogens is 297 g/mol. The van der Waals surface area contributed by atoms with E-state index in [0.717, 1.165) is 18.4 Å². The fraction of sp³-hybridized carbons (Fsp3) is 0.533. The number of aliphatic carboxylic acids is 1. The number of nitrogens with one attached hydrogen (secondary N) is 1. The monoisotopic (exact) mass is 315 g/mol. The molecule has 1 saturated heterocycles. The molecule has 0 spiro atoms. The number of carbonyl (C=O) groups is 1. The van der Waals surface area contributed by atoms with Crippen molar-refractivity contribution in [3.63, 3.8) is 0 Å². The van der Waals surface area contributed by atoms with Gasteiger partial charge in [0.25, 0.3) is 0 Å². The maximum atomic E-state index is 13.3. The molecule has 4 nitrogen and oxygen atoms in total. The highest BCUT2D eigenvalue weighted by molar-refractivity contribution is 6.30. The lowest BCUT2D eigenvalue weighted by atomic mass is 9.86.